The molecule has 30 heavy (non-hydrogen) atoms. The highest BCUT2D eigenvalue weighted by Gasteiger charge is 2.40. The van der Waals surface area contributed by atoms with Crippen LogP contribution in [0, 0.1) is 5.92 Å². The van der Waals surface area contributed by atoms with Gasteiger partial charge in [0.1, 0.15) is 0 Å². The number of benzene rings is 2. The van der Waals surface area contributed by atoms with Crippen LogP contribution in [0.3, 0.4) is 0 Å². The number of carbonyl (C=O) groups excluding carboxylic acids is 3. The highest BCUT2D eigenvalue weighted by atomic mass is 35.5. The number of rotatable bonds is 11. The topological polar surface area (TPSA) is 69.7 Å². The van der Waals surface area contributed by atoms with Crippen molar-refractivity contribution < 1.29 is 23.9 Å². The summed E-state index contributed by atoms with van der Waals surface area (Å²) in [6, 6.07) is 15.6. The van der Waals surface area contributed by atoms with E-state index in [-0.39, 0.29) is 25.4 Å². The van der Waals surface area contributed by atoms with Crippen LogP contribution in [0.4, 0.5) is 0 Å². The van der Waals surface area contributed by atoms with Crippen molar-refractivity contribution in [1.82, 2.24) is 0 Å². The number of ketones is 1. The summed E-state index contributed by atoms with van der Waals surface area (Å²) in [6.45, 7) is 4.08. The van der Waals surface area contributed by atoms with E-state index < -0.39 is 23.8 Å². The number of hydrogen-bond donors (Lipinski definition) is 0. The Labute approximate surface area is 182 Å². The molecule has 5 nitrogen and oxygen atoms in total. The van der Waals surface area contributed by atoms with Crippen LogP contribution in [0.2, 0.25) is 5.02 Å². The number of Topliss-reactive ketones (excluding diaryl/α,β-unsaturated/α-hetero) is 1. The molecule has 2 rings (SSSR count). The Balaban J connectivity index is 2.45. The minimum absolute atomic E-state index is 0.0825. The maximum Gasteiger partial charge on any atom is 0.320 e. The molecule has 0 fully saturated rings. The third-order valence-corrected chi connectivity index (χ3v) is 4.96. The average Bonchev–Trinajstić information content (AvgIpc) is 2.76. The Morgan fingerprint density at radius 2 is 1.37 bits per heavy atom. The summed E-state index contributed by atoms with van der Waals surface area (Å²) in [4.78, 5) is 38.7. The minimum atomic E-state index is -1.28. The van der Waals surface area contributed by atoms with E-state index in [9.17, 15) is 14.4 Å². The highest BCUT2D eigenvalue weighted by Crippen LogP contribution is 2.36. The van der Waals surface area contributed by atoms with E-state index in [1.807, 2.05) is 19.9 Å². The molecule has 1 atom stereocenters. The van der Waals surface area contributed by atoms with E-state index in [1.54, 1.807) is 48.5 Å². The van der Waals surface area contributed by atoms with Gasteiger partial charge in [0.05, 0.1) is 13.2 Å². The van der Waals surface area contributed by atoms with Gasteiger partial charge in [-0.1, -0.05) is 74.0 Å². The fourth-order valence-corrected chi connectivity index (χ4v) is 3.41. The van der Waals surface area contributed by atoms with Crippen LogP contribution in [-0.2, 0) is 19.1 Å². The molecule has 0 saturated carbocycles. The van der Waals surface area contributed by atoms with Gasteiger partial charge in [0.15, 0.2) is 11.7 Å². The maximum absolute atomic E-state index is 13.0. The predicted molar refractivity (Wildman–Crippen MR) is 116 cm³/mol. The first-order valence-electron chi connectivity index (χ1n) is 10.2. The summed E-state index contributed by atoms with van der Waals surface area (Å²) in [7, 11) is 0. The van der Waals surface area contributed by atoms with Crippen molar-refractivity contribution in [3.63, 3.8) is 0 Å². The first kappa shape index (κ1) is 23.6. The molecule has 0 aliphatic rings. The second kappa shape index (κ2) is 12.1. The molecule has 0 bridgehead atoms. The number of esters is 2. The third-order valence-electron chi connectivity index (χ3n) is 4.61. The lowest BCUT2D eigenvalue weighted by atomic mass is 9.81. The van der Waals surface area contributed by atoms with Gasteiger partial charge in [0.2, 0.25) is 0 Å². The van der Waals surface area contributed by atoms with Gasteiger partial charge in [0, 0.05) is 22.9 Å². The van der Waals surface area contributed by atoms with Crippen molar-refractivity contribution >= 4 is 29.3 Å². The van der Waals surface area contributed by atoms with Gasteiger partial charge in [-0.05, 0) is 24.5 Å². The SMILES string of the molecule is CCCOC(=O)C(C(=O)OCCC)[C@@H](CC(=O)c1ccccc1)c1ccccc1Cl. The quantitative estimate of drug-likeness (QED) is 0.277. The molecule has 2 aromatic carbocycles. The number of halogens is 1. The van der Waals surface area contributed by atoms with E-state index in [1.165, 1.54) is 0 Å². The van der Waals surface area contributed by atoms with Crippen LogP contribution in [0.25, 0.3) is 0 Å². The zero-order valence-electron chi connectivity index (χ0n) is 17.3. The molecule has 0 aliphatic heterocycles. The van der Waals surface area contributed by atoms with Crippen LogP contribution < -0.4 is 0 Å². The Kier molecular flexibility index (Phi) is 9.55. The average molecular weight is 431 g/mol. The second-order valence-electron chi connectivity index (χ2n) is 6.93. The van der Waals surface area contributed by atoms with Gasteiger partial charge in [-0.15, -0.1) is 0 Å². The van der Waals surface area contributed by atoms with Crippen molar-refractivity contribution in [3.05, 3.63) is 70.7 Å². The lowest BCUT2D eigenvalue weighted by Gasteiger charge is -2.25. The largest absolute Gasteiger partial charge is 0.465 e. The molecule has 0 aliphatic carbocycles. The molecule has 6 heteroatoms. The zero-order valence-corrected chi connectivity index (χ0v) is 18.1. The molecule has 2 aromatic rings. The van der Waals surface area contributed by atoms with E-state index in [0.29, 0.717) is 29.0 Å². The first-order valence-corrected chi connectivity index (χ1v) is 10.5. The van der Waals surface area contributed by atoms with Gasteiger partial charge in [-0.3, -0.25) is 14.4 Å². The van der Waals surface area contributed by atoms with Crippen molar-refractivity contribution in [2.75, 3.05) is 13.2 Å². The van der Waals surface area contributed by atoms with Gasteiger partial charge >= 0.3 is 11.9 Å². The lowest BCUT2D eigenvalue weighted by Crippen LogP contribution is -2.35. The van der Waals surface area contributed by atoms with Crippen LogP contribution in [-0.4, -0.2) is 30.9 Å². The fourth-order valence-electron chi connectivity index (χ4n) is 3.13. The summed E-state index contributed by atoms with van der Waals surface area (Å²) in [5, 5.41) is 0.375. The minimum Gasteiger partial charge on any atom is -0.465 e. The van der Waals surface area contributed by atoms with Crippen molar-refractivity contribution in [1.29, 1.82) is 0 Å². The van der Waals surface area contributed by atoms with Crippen LogP contribution in [0.15, 0.2) is 54.6 Å². The van der Waals surface area contributed by atoms with Crippen LogP contribution in [0.5, 0.6) is 0 Å². The molecule has 0 N–H and O–H groups in total. The number of hydrogen-bond acceptors (Lipinski definition) is 5. The third kappa shape index (κ3) is 6.42. The summed E-state index contributed by atoms with van der Waals surface area (Å²) in [5.41, 5.74) is 1.03. The summed E-state index contributed by atoms with van der Waals surface area (Å²) < 4.78 is 10.6. The normalized spacial score (nSPS) is 11.7. The van der Waals surface area contributed by atoms with Crippen LogP contribution >= 0.6 is 11.6 Å². The summed E-state index contributed by atoms with van der Waals surface area (Å²) in [6.07, 6.45) is 1.14. The molecule has 0 spiro atoms. The number of carbonyl (C=O) groups is 3. The molecule has 0 unspecified atom stereocenters. The van der Waals surface area contributed by atoms with Crippen molar-refractivity contribution in [2.24, 2.45) is 5.92 Å². The van der Waals surface area contributed by atoms with E-state index in [0.717, 1.165) is 0 Å². The van der Waals surface area contributed by atoms with Crippen LogP contribution in [0.1, 0.15) is 54.9 Å². The standard InChI is InChI=1S/C24H27ClO5/c1-3-14-29-23(27)22(24(28)30-15-4-2)19(18-12-8-9-13-20(18)25)16-21(26)17-10-6-5-7-11-17/h5-13,19,22H,3-4,14-16H2,1-2H3/t19-/m0/s1. The summed E-state index contributed by atoms with van der Waals surface area (Å²) >= 11 is 6.40. The maximum atomic E-state index is 13.0. The zero-order chi connectivity index (χ0) is 21.9. The molecule has 0 radical (unpaired) electrons. The van der Waals surface area contributed by atoms with Crippen molar-refractivity contribution in [3.8, 4) is 0 Å². The Bertz CT molecular complexity index is 830. The molecule has 0 heterocycles. The molecular weight excluding hydrogens is 404 g/mol. The molecule has 0 aromatic heterocycles. The molecule has 0 saturated heterocycles. The highest BCUT2D eigenvalue weighted by molar-refractivity contribution is 6.31. The Morgan fingerprint density at radius 1 is 0.833 bits per heavy atom. The van der Waals surface area contributed by atoms with Gasteiger partial charge in [-0.2, -0.15) is 0 Å². The monoisotopic (exact) mass is 430 g/mol. The van der Waals surface area contributed by atoms with E-state index in [4.69, 9.17) is 21.1 Å². The van der Waals surface area contributed by atoms with Gasteiger partial charge in [0.25, 0.3) is 0 Å². The Hall–Kier alpha value is -2.66. The smallest absolute Gasteiger partial charge is 0.320 e. The fraction of sp³-hybridized carbons (Fsp3) is 0.375. The van der Waals surface area contributed by atoms with E-state index in [2.05, 4.69) is 0 Å². The second-order valence-corrected chi connectivity index (χ2v) is 7.34. The molecular formula is C24H27ClO5. The lowest BCUT2D eigenvalue weighted by molar-refractivity contribution is -0.163. The number of ether oxygens (including phenoxy) is 2. The first-order chi connectivity index (χ1) is 14.5. The van der Waals surface area contributed by atoms with Crippen molar-refractivity contribution in [2.45, 2.75) is 39.0 Å². The van der Waals surface area contributed by atoms with Gasteiger partial charge < -0.3 is 9.47 Å². The Morgan fingerprint density at radius 3 is 1.90 bits per heavy atom. The molecule has 160 valence electrons. The summed E-state index contributed by atoms with van der Waals surface area (Å²) in [5.74, 6) is -3.69. The van der Waals surface area contributed by atoms with E-state index >= 15 is 0 Å². The predicted octanol–water partition coefficient (Wildman–Crippen LogP) is 5.22. The van der Waals surface area contributed by atoms with Gasteiger partial charge in [-0.25, -0.2) is 0 Å². The molecule has 0 amide bonds.